The maximum atomic E-state index is 12.2. The van der Waals surface area contributed by atoms with E-state index in [-0.39, 0.29) is 11.8 Å². The highest BCUT2D eigenvalue weighted by Crippen LogP contribution is 2.30. The number of nitrogens with one attached hydrogen (secondary N) is 2. The van der Waals surface area contributed by atoms with Crippen molar-refractivity contribution < 1.29 is 4.79 Å². The Morgan fingerprint density at radius 2 is 2.26 bits per heavy atom. The van der Waals surface area contributed by atoms with Crippen molar-refractivity contribution in [1.29, 1.82) is 0 Å². The smallest absolute Gasteiger partial charge is 0.229 e. The lowest BCUT2D eigenvalue weighted by Crippen LogP contribution is -2.30. The molecule has 1 aliphatic rings. The molecule has 1 aliphatic heterocycles. The Morgan fingerprint density at radius 3 is 3.11 bits per heavy atom. The second-order valence-corrected chi connectivity index (χ2v) is 4.44. The summed E-state index contributed by atoms with van der Waals surface area (Å²) in [5.41, 5.74) is 2.91. The van der Waals surface area contributed by atoms with Gasteiger partial charge in [0.25, 0.3) is 0 Å². The molecule has 2 heterocycles. The molecule has 1 amide bonds. The van der Waals surface area contributed by atoms with E-state index < -0.39 is 0 Å². The number of aromatic nitrogens is 2. The Hall–Kier alpha value is -2.43. The topological polar surface area (TPSA) is 66.9 Å². The first-order valence-electron chi connectivity index (χ1n) is 6.20. The normalized spacial score (nSPS) is 16.5. The van der Waals surface area contributed by atoms with Crippen LogP contribution in [0, 0.1) is 0 Å². The number of anilines is 1. The van der Waals surface area contributed by atoms with Gasteiger partial charge in [0.15, 0.2) is 0 Å². The maximum Gasteiger partial charge on any atom is 0.229 e. The highest BCUT2D eigenvalue weighted by atomic mass is 16.1. The molecule has 1 atom stereocenters. The Bertz CT molecular complexity index is 585. The predicted molar refractivity (Wildman–Crippen MR) is 71.6 cm³/mol. The zero-order valence-corrected chi connectivity index (χ0v) is 10.3. The van der Waals surface area contributed by atoms with Gasteiger partial charge in [0.1, 0.15) is 6.33 Å². The summed E-state index contributed by atoms with van der Waals surface area (Å²) >= 11 is 0. The molecule has 2 aromatic rings. The molecule has 1 aromatic carbocycles. The van der Waals surface area contributed by atoms with Gasteiger partial charge in [0.05, 0.1) is 18.2 Å². The van der Waals surface area contributed by atoms with E-state index in [1.54, 1.807) is 12.3 Å². The fourth-order valence-corrected chi connectivity index (χ4v) is 2.24. The van der Waals surface area contributed by atoms with Crippen LogP contribution >= 0.6 is 0 Å². The van der Waals surface area contributed by atoms with Gasteiger partial charge < -0.3 is 10.6 Å². The van der Waals surface area contributed by atoms with Gasteiger partial charge in [-0.05, 0) is 17.7 Å². The number of hydrogen-bond donors (Lipinski definition) is 2. The van der Waals surface area contributed by atoms with Gasteiger partial charge in [-0.1, -0.05) is 18.2 Å². The number of fused-ring (bicyclic) bond motifs is 1. The summed E-state index contributed by atoms with van der Waals surface area (Å²) in [6.45, 7) is 1.08. The van der Waals surface area contributed by atoms with E-state index in [1.165, 1.54) is 6.33 Å². The zero-order valence-electron chi connectivity index (χ0n) is 10.3. The molecule has 2 N–H and O–H groups in total. The second kappa shape index (κ2) is 5.06. The van der Waals surface area contributed by atoms with Crippen molar-refractivity contribution in [2.24, 2.45) is 0 Å². The van der Waals surface area contributed by atoms with Crippen LogP contribution in [0.3, 0.4) is 0 Å². The van der Waals surface area contributed by atoms with E-state index in [2.05, 4.69) is 20.6 Å². The van der Waals surface area contributed by atoms with E-state index in [0.717, 1.165) is 16.9 Å². The highest BCUT2D eigenvalue weighted by Gasteiger charge is 2.27. The average molecular weight is 254 g/mol. The first-order valence-corrected chi connectivity index (χ1v) is 6.20. The summed E-state index contributed by atoms with van der Waals surface area (Å²) in [5, 5.41) is 6.16. The first kappa shape index (κ1) is 11.6. The van der Waals surface area contributed by atoms with Crippen LogP contribution < -0.4 is 10.6 Å². The summed E-state index contributed by atoms with van der Waals surface area (Å²) in [7, 11) is 0. The van der Waals surface area contributed by atoms with Crippen molar-refractivity contribution in [3.05, 3.63) is 54.1 Å². The lowest BCUT2D eigenvalue weighted by molar-refractivity contribution is -0.122. The molecule has 0 saturated heterocycles. The van der Waals surface area contributed by atoms with Crippen LogP contribution in [0.5, 0.6) is 0 Å². The highest BCUT2D eigenvalue weighted by molar-refractivity contribution is 5.88. The van der Waals surface area contributed by atoms with Gasteiger partial charge in [-0.3, -0.25) is 4.79 Å². The van der Waals surface area contributed by atoms with Gasteiger partial charge in [-0.2, -0.15) is 0 Å². The number of rotatable bonds is 3. The fraction of sp³-hybridized carbons (Fsp3) is 0.214. The molecule has 0 radical (unpaired) electrons. The van der Waals surface area contributed by atoms with Crippen molar-refractivity contribution in [3.63, 3.8) is 0 Å². The van der Waals surface area contributed by atoms with Gasteiger partial charge in [-0.25, -0.2) is 9.97 Å². The fourth-order valence-electron chi connectivity index (χ4n) is 2.24. The third-order valence-corrected chi connectivity index (χ3v) is 3.24. The van der Waals surface area contributed by atoms with Gasteiger partial charge in [0.2, 0.25) is 5.91 Å². The molecule has 3 rings (SSSR count). The van der Waals surface area contributed by atoms with Crippen molar-refractivity contribution in [3.8, 4) is 0 Å². The van der Waals surface area contributed by atoms with E-state index in [4.69, 9.17) is 0 Å². The number of nitrogens with zero attached hydrogens (tertiary/aromatic N) is 2. The molecule has 5 nitrogen and oxygen atoms in total. The number of benzene rings is 1. The Morgan fingerprint density at radius 1 is 1.37 bits per heavy atom. The van der Waals surface area contributed by atoms with E-state index >= 15 is 0 Å². The summed E-state index contributed by atoms with van der Waals surface area (Å²) in [5.74, 6) is -0.103. The minimum Gasteiger partial charge on any atom is -0.384 e. The molecule has 5 heteroatoms. The number of amides is 1. The van der Waals surface area contributed by atoms with Crippen molar-refractivity contribution >= 4 is 11.6 Å². The van der Waals surface area contributed by atoms with Crippen molar-refractivity contribution in [2.75, 3.05) is 11.9 Å². The number of carbonyl (C=O) groups is 1. The second-order valence-electron chi connectivity index (χ2n) is 4.44. The molecule has 0 aliphatic carbocycles. The molecule has 0 spiro atoms. The van der Waals surface area contributed by atoms with Gasteiger partial charge >= 0.3 is 0 Å². The molecular formula is C14H14N4O. The molecule has 0 saturated carbocycles. The first-order chi connectivity index (χ1) is 9.34. The Labute approximate surface area is 111 Å². The molecular weight excluding hydrogens is 240 g/mol. The minimum absolute atomic E-state index is 0.0241. The molecule has 1 aromatic heterocycles. The quantitative estimate of drug-likeness (QED) is 0.866. The molecule has 0 fully saturated rings. The third-order valence-electron chi connectivity index (χ3n) is 3.24. The SMILES string of the molecule is O=C(NCc1ccncn1)C1CNc2ccccc21. The van der Waals surface area contributed by atoms with Crippen LogP contribution in [-0.2, 0) is 11.3 Å². The largest absolute Gasteiger partial charge is 0.384 e. The van der Waals surface area contributed by atoms with Crippen LogP contribution in [-0.4, -0.2) is 22.4 Å². The molecule has 19 heavy (non-hydrogen) atoms. The van der Waals surface area contributed by atoms with Crippen LogP contribution in [0.2, 0.25) is 0 Å². The van der Waals surface area contributed by atoms with Crippen LogP contribution in [0.1, 0.15) is 17.2 Å². The number of para-hydroxylation sites is 1. The summed E-state index contributed by atoms with van der Waals surface area (Å²) in [6.07, 6.45) is 3.15. The monoisotopic (exact) mass is 254 g/mol. The number of hydrogen-bond acceptors (Lipinski definition) is 4. The van der Waals surface area contributed by atoms with Gasteiger partial charge in [-0.15, -0.1) is 0 Å². The van der Waals surface area contributed by atoms with Crippen molar-refractivity contribution in [2.45, 2.75) is 12.5 Å². The van der Waals surface area contributed by atoms with Crippen LogP contribution in [0.4, 0.5) is 5.69 Å². The molecule has 96 valence electrons. The summed E-state index contributed by atoms with van der Waals surface area (Å²) in [6, 6.07) is 9.70. The summed E-state index contributed by atoms with van der Waals surface area (Å²) < 4.78 is 0. The third kappa shape index (κ3) is 2.40. The Kier molecular flexibility index (Phi) is 3.10. The van der Waals surface area contributed by atoms with E-state index in [0.29, 0.717) is 13.1 Å². The lowest BCUT2D eigenvalue weighted by Gasteiger charge is -2.10. The molecule has 0 bridgehead atoms. The summed E-state index contributed by atoms with van der Waals surface area (Å²) in [4.78, 5) is 20.1. The lowest BCUT2D eigenvalue weighted by atomic mass is 10.0. The minimum atomic E-state index is -0.127. The zero-order chi connectivity index (χ0) is 13.1. The van der Waals surface area contributed by atoms with Crippen molar-refractivity contribution in [1.82, 2.24) is 15.3 Å². The van der Waals surface area contributed by atoms with Crippen LogP contribution in [0.15, 0.2) is 42.9 Å². The van der Waals surface area contributed by atoms with Gasteiger partial charge in [0, 0.05) is 18.4 Å². The van der Waals surface area contributed by atoms with Crippen LogP contribution in [0.25, 0.3) is 0 Å². The standard InChI is InChI=1S/C14H14N4O/c19-14(17-7-10-5-6-15-9-18-10)12-8-16-13-4-2-1-3-11(12)13/h1-6,9,12,16H,7-8H2,(H,17,19). The van der Waals surface area contributed by atoms with E-state index in [9.17, 15) is 4.79 Å². The maximum absolute atomic E-state index is 12.2. The molecule has 1 unspecified atom stereocenters. The Balaban J connectivity index is 1.66. The average Bonchev–Trinajstić information content (AvgIpc) is 2.90. The van der Waals surface area contributed by atoms with E-state index in [1.807, 2.05) is 24.3 Å². The predicted octanol–water partition coefficient (Wildman–Crippen LogP) is 1.30. The number of carbonyl (C=O) groups excluding carboxylic acids is 1.